The van der Waals surface area contributed by atoms with Gasteiger partial charge in [-0.15, -0.1) is 0 Å². The van der Waals surface area contributed by atoms with Gasteiger partial charge in [0, 0.05) is 12.7 Å². The Morgan fingerprint density at radius 1 is 1.19 bits per heavy atom. The van der Waals surface area contributed by atoms with Crippen LogP contribution in [-0.2, 0) is 30.9 Å². The average Bonchev–Trinajstić information content (AvgIpc) is 3.10. The van der Waals surface area contributed by atoms with Gasteiger partial charge in [0.05, 0.1) is 28.6 Å². The molecular weight excluding hydrogens is 496 g/mol. The van der Waals surface area contributed by atoms with E-state index in [1.54, 1.807) is 59.1 Å². The number of hydrogen-bond acceptors (Lipinski definition) is 8. The molecule has 0 radical (unpaired) electrons. The average molecular weight is 533 g/mol. The van der Waals surface area contributed by atoms with Crippen LogP contribution in [0.5, 0.6) is 0 Å². The largest absolute Gasteiger partial charge is 0.480 e. The molecule has 0 saturated carbocycles. The number of rotatable bonds is 10. The number of benzene rings is 1. The van der Waals surface area contributed by atoms with Crippen LogP contribution in [0.1, 0.15) is 53.5 Å². The van der Waals surface area contributed by atoms with E-state index in [1.165, 1.54) is 12.1 Å². The third-order valence-corrected chi connectivity index (χ3v) is 7.72. The molecular formula is C26H36N4O6S. The number of anilines is 2. The molecule has 0 amide bonds. The van der Waals surface area contributed by atoms with Gasteiger partial charge >= 0.3 is 11.9 Å². The maximum absolute atomic E-state index is 13.7. The third kappa shape index (κ3) is 6.98. The highest BCUT2D eigenvalue weighted by Gasteiger charge is 2.39. The van der Waals surface area contributed by atoms with Crippen LogP contribution in [0.2, 0.25) is 0 Å². The van der Waals surface area contributed by atoms with Gasteiger partial charge in [0.15, 0.2) is 0 Å². The SMILES string of the molecule is CC(C)C[C@@H](C(=O)O)N(CC(=O)OC(C)(C)C)S(=O)(=O)c1ccc(CN2c3ccncc3NC2C)cc1. The van der Waals surface area contributed by atoms with E-state index in [9.17, 15) is 23.1 Å². The van der Waals surface area contributed by atoms with E-state index in [0.29, 0.717) is 6.54 Å². The first-order valence-corrected chi connectivity index (χ1v) is 13.7. The number of sulfonamides is 1. The zero-order chi connectivity index (χ0) is 27.5. The van der Waals surface area contributed by atoms with E-state index < -0.39 is 40.1 Å². The number of fused-ring (bicyclic) bond motifs is 1. The number of ether oxygens (including phenoxy) is 1. The fourth-order valence-electron chi connectivity index (χ4n) is 4.23. The summed E-state index contributed by atoms with van der Waals surface area (Å²) in [6.07, 6.45) is 3.55. The van der Waals surface area contributed by atoms with Crippen molar-refractivity contribution in [2.24, 2.45) is 5.92 Å². The summed E-state index contributed by atoms with van der Waals surface area (Å²) in [7, 11) is -4.33. The van der Waals surface area contributed by atoms with Crippen molar-refractivity contribution in [3.8, 4) is 0 Å². The van der Waals surface area contributed by atoms with Gasteiger partial charge in [0.1, 0.15) is 18.2 Å². The first kappa shape index (κ1) is 28.4. The lowest BCUT2D eigenvalue weighted by Gasteiger charge is -2.30. The van der Waals surface area contributed by atoms with Gasteiger partial charge in [0.25, 0.3) is 0 Å². The van der Waals surface area contributed by atoms with E-state index in [1.807, 2.05) is 13.0 Å². The third-order valence-electron chi connectivity index (χ3n) is 5.85. The number of carboxylic acids is 1. The number of hydrogen-bond donors (Lipinski definition) is 2. The summed E-state index contributed by atoms with van der Waals surface area (Å²) in [4.78, 5) is 30.9. The van der Waals surface area contributed by atoms with Gasteiger partial charge in [-0.2, -0.15) is 4.31 Å². The highest BCUT2D eigenvalue weighted by atomic mass is 32.2. The number of pyridine rings is 1. The molecule has 2 N–H and O–H groups in total. The number of carbonyl (C=O) groups is 2. The summed E-state index contributed by atoms with van der Waals surface area (Å²) >= 11 is 0. The molecule has 0 fully saturated rings. The van der Waals surface area contributed by atoms with Gasteiger partial charge in [-0.05, 0) is 63.8 Å². The monoisotopic (exact) mass is 532 g/mol. The molecule has 1 aliphatic rings. The minimum atomic E-state index is -4.33. The molecule has 2 atom stereocenters. The molecule has 2 aromatic rings. The van der Waals surface area contributed by atoms with Gasteiger partial charge in [-0.3, -0.25) is 14.6 Å². The number of carboxylic acid groups (broad SMARTS) is 1. The van der Waals surface area contributed by atoms with E-state index in [0.717, 1.165) is 21.2 Å². The van der Waals surface area contributed by atoms with Crippen molar-refractivity contribution in [3.63, 3.8) is 0 Å². The first-order chi connectivity index (χ1) is 17.2. The Morgan fingerprint density at radius 3 is 2.41 bits per heavy atom. The Hall–Kier alpha value is -3.18. The maximum atomic E-state index is 13.7. The second-order valence-corrected chi connectivity index (χ2v) is 12.5. The van der Waals surface area contributed by atoms with E-state index in [2.05, 4.69) is 15.2 Å². The van der Waals surface area contributed by atoms with E-state index >= 15 is 0 Å². The minimum Gasteiger partial charge on any atom is -0.480 e. The molecule has 0 spiro atoms. The van der Waals surface area contributed by atoms with Gasteiger partial charge in [-0.25, -0.2) is 8.42 Å². The van der Waals surface area contributed by atoms with Crippen molar-refractivity contribution in [3.05, 3.63) is 48.3 Å². The zero-order valence-electron chi connectivity index (χ0n) is 22.1. The van der Waals surface area contributed by atoms with Crippen LogP contribution in [0.15, 0.2) is 47.6 Å². The summed E-state index contributed by atoms with van der Waals surface area (Å²) in [6, 6.07) is 6.79. The standard InChI is InChI=1S/C26H36N4O6S/c1-17(2)13-23(25(32)33)30(16-24(31)36-26(4,5)6)37(34,35)20-9-7-19(8-10-20)15-29-18(3)28-21-14-27-12-11-22(21)29/h7-12,14,17-18,23,28H,13,15-16H2,1-6H3,(H,32,33)/t18?,23-/m0/s1. The molecule has 1 aromatic carbocycles. The molecule has 0 bridgehead atoms. The van der Waals surface area contributed by atoms with Crippen molar-refractivity contribution in [2.45, 2.75) is 77.2 Å². The van der Waals surface area contributed by atoms with E-state index in [4.69, 9.17) is 4.74 Å². The lowest BCUT2D eigenvalue weighted by molar-refractivity contribution is -0.156. The summed E-state index contributed by atoms with van der Waals surface area (Å²) in [5, 5.41) is 13.2. The van der Waals surface area contributed by atoms with Crippen molar-refractivity contribution < 1.29 is 27.9 Å². The first-order valence-electron chi connectivity index (χ1n) is 12.2. The van der Waals surface area contributed by atoms with Crippen molar-refractivity contribution in [1.82, 2.24) is 9.29 Å². The number of aromatic nitrogens is 1. The summed E-state index contributed by atoms with van der Waals surface area (Å²) in [5.74, 6) is -2.25. The molecule has 3 rings (SSSR count). The predicted octanol–water partition coefficient (Wildman–Crippen LogP) is 3.69. The lowest BCUT2D eigenvalue weighted by atomic mass is 10.0. The van der Waals surface area contributed by atoms with Crippen LogP contribution in [0.3, 0.4) is 0 Å². The van der Waals surface area contributed by atoms with Crippen LogP contribution >= 0.6 is 0 Å². The summed E-state index contributed by atoms with van der Waals surface area (Å²) < 4.78 is 33.4. The molecule has 202 valence electrons. The molecule has 0 aliphatic carbocycles. The van der Waals surface area contributed by atoms with Gasteiger partial charge < -0.3 is 20.1 Å². The van der Waals surface area contributed by atoms with Crippen molar-refractivity contribution in [2.75, 3.05) is 16.8 Å². The number of nitrogens with one attached hydrogen (secondary N) is 1. The van der Waals surface area contributed by atoms with Crippen molar-refractivity contribution in [1.29, 1.82) is 0 Å². The number of aliphatic carboxylic acids is 1. The number of esters is 1. The summed E-state index contributed by atoms with van der Waals surface area (Å²) in [6.45, 7) is 10.4. The van der Waals surface area contributed by atoms with Gasteiger partial charge in [-0.1, -0.05) is 26.0 Å². The normalized spacial score (nSPS) is 16.4. The Balaban J connectivity index is 1.89. The second kappa shape index (κ2) is 11.1. The molecule has 1 aliphatic heterocycles. The molecule has 11 heteroatoms. The lowest BCUT2D eigenvalue weighted by Crippen LogP contribution is -2.49. The highest BCUT2D eigenvalue weighted by molar-refractivity contribution is 7.89. The highest BCUT2D eigenvalue weighted by Crippen LogP contribution is 2.34. The Kier molecular flexibility index (Phi) is 8.49. The molecule has 1 unspecified atom stereocenters. The second-order valence-electron chi connectivity index (χ2n) is 10.6. The minimum absolute atomic E-state index is 0.0271. The van der Waals surface area contributed by atoms with Gasteiger partial charge in [0.2, 0.25) is 10.0 Å². The molecule has 37 heavy (non-hydrogen) atoms. The Bertz CT molecular complexity index is 1220. The Morgan fingerprint density at radius 2 is 1.84 bits per heavy atom. The smallest absolute Gasteiger partial charge is 0.322 e. The zero-order valence-corrected chi connectivity index (χ0v) is 22.9. The van der Waals surface area contributed by atoms with Crippen molar-refractivity contribution >= 4 is 33.3 Å². The van der Waals surface area contributed by atoms with Crippen LogP contribution in [0.4, 0.5) is 11.4 Å². The van der Waals surface area contributed by atoms with Crippen LogP contribution in [0, 0.1) is 5.92 Å². The Labute approximate surface area is 218 Å². The topological polar surface area (TPSA) is 129 Å². The molecule has 10 nitrogen and oxygen atoms in total. The molecule has 2 heterocycles. The maximum Gasteiger partial charge on any atom is 0.322 e. The fourth-order valence-corrected chi connectivity index (χ4v) is 5.77. The molecule has 0 saturated heterocycles. The summed E-state index contributed by atoms with van der Waals surface area (Å²) in [5.41, 5.74) is 1.95. The quantitative estimate of drug-likeness (QED) is 0.440. The van der Waals surface area contributed by atoms with E-state index in [-0.39, 0.29) is 23.4 Å². The molecule has 1 aromatic heterocycles. The fraction of sp³-hybridized carbons (Fsp3) is 0.500. The predicted molar refractivity (Wildman–Crippen MR) is 141 cm³/mol. The number of nitrogens with zero attached hydrogens (tertiary/aromatic N) is 3. The van der Waals surface area contributed by atoms with Crippen LogP contribution < -0.4 is 10.2 Å². The van der Waals surface area contributed by atoms with Crippen LogP contribution in [-0.4, -0.2) is 59.1 Å². The van der Waals surface area contributed by atoms with Crippen LogP contribution in [0.25, 0.3) is 0 Å². The number of carbonyl (C=O) groups excluding carboxylic acids is 1.